The molecule has 1 atom stereocenters. The molecule has 76 valence electrons. The van der Waals surface area contributed by atoms with E-state index in [2.05, 4.69) is 19.2 Å². The van der Waals surface area contributed by atoms with Crippen molar-refractivity contribution in [3.63, 3.8) is 0 Å². The Labute approximate surface area is 84.3 Å². The molecule has 1 unspecified atom stereocenters. The van der Waals surface area contributed by atoms with Crippen LogP contribution in [0.1, 0.15) is 31.7 Å². The summed E-state index contributed by atoms with van der Waals surface area (Å²) in [6.45, 7) is 5.41. The molecule has 0 bridgehead atoms. The maximum absolute atomic E-state index is 13.0. The van der Waals surface area contributed by atoms with Crippen LogP contribution >= 0.6 is 0 Å². The molecule has 0 saturated carbocycles. The second-order valence-electron chi connectivity index (χ2n) is 4.30. The average molecular weight is 193 g/mol. The third kappa shape index (κ3) is 1.61. The monoisotopic (exact) mass is 193 g/mol. The number of halogens is 1. The van der Waals surface area contributed by atoms with E-state index in [4.69, 9.17) is 0 Å². The second kappa shape index (κ2) is 3.60. The summed E-state index contributed by atoms with van der Waals surface area (Å²) in [4.78, 5) is 0. The van der Waals surface area contributed by atoms with E-state index >= 15 is 0 Å². The van der Waals surface area contributed by atoms with Crippen molar-refractivity contribution in [2.45, 2.75) is 26.2 Å². The number of hydrogen-bond acceptors (Lipinski definition) is 1. The van der Waals surface area contributed by atoms with Gasteiger partial charge in [0, 0.05) is 12.2 Å². The van der Waals surface area contributed by atoms with Gasteiger partial charge in [0.2, 0.25) is 0 Å². The number of anilines is 1. The fraction of sp³-hybridized carbons (Fsp3) is 0.500. The molecule has 1 nitrogen and oxygen atoms in total. The van der Waals surface area contributed by atoms with Crippen LogP contribution in [0.25, 0.3) is 0 Å². The van der Waals surface area contributed by atoms with E-state index in [-0.39, 0.29) is 5.82 Å². The Balaban J connectivity index is 2.40. The van der Waals surface area contributed by atoms with Crippen molar-refractivity contribution in [3.05, 3.63) is 29.6 Å². The van der Waals surface area contributed by atoms with E-state index in [1.807, 2.05) is 6.07 Å². The van der Waals surface area contributed by atoms with Gasteiger partial charge in [-0.3, -0.25) is 0 Å². The van der Waals surface area contributed by atoms with Crippen LogP contribution in [0, 0.1) is 11.7 Å². The summed E-state index contributed by atoms with van der Waals surface area (Å²) in [6, 6.07) is 5.08. The second-order valence-corrected chi connectivity index (χ2v) is 4.30. The number of hydrogen-bond donors (Lipinski definition) is 1. The van der Waals surface area contributed by atoms with Gasteiger partial charge in [-0.1, -0.05) is 19.9 Å². The number of fused-ring (bicyclic) bond motifs is 1. The van der Waals surface area contributed by atoms with E-state index < -0.39 is 0 Å². The Bertz CT molecular complexity index is 333. The normalized spacial score (nSPS) is 20.4. The van der Waals surface area contributed by atoms with Crippen LogP contribution in [0.2, 0.25) is 0 Å². The Morgan fingerprint density at radius 2 is 2.21 bits per heavy atom. The number of rotatable bonds is 1. The van der Waals surface area contributed by atoms with Gasteiger partial charge in [0.25, 0.3) is 0 Å². The molecule has 1 heterocycles. The Kier molecular flexibility index (Phi) is 2.44. The van der Waals surface area contributed by atoms with E-state index in [1.54, 1.807) is 12.1 Å². The minimum absolute atomic E-state index is 0.152. The van der Waals surface area contributed by atoms with Crippen LogP contribution in [0.3, 0.4) is 0 Å². The van der Waals surface area contributed by atoms with Gasteiger partial charge in [-0.25, -0.2) is 4.39 Å². The summed E-state index contributed by atoms with van der Waals surface area (Å²) in [7, 11) is 0. The summed E-state index contributed by atoms with van der Waals surface area (Å²) in [6.07, 6.45) is 1.15. The topological polar surface area (TPSA) is 12.0 Å². The Hall–Kier alpha value is -1.05. The molecule has 0 saturated heterocycles. The predicted octanol–water partition coefficient (Wildman–Crippen LogP) is 3.38. The molecule has 0 aliphatic carbocycles. The smallest absolute Gasteiger partial charge is 0.125 e. The first-order valence-corrected chi connectivity index (χ1v) is 5.22. The zero-order chi connectivity index (χ0) is 10.1. The van der Waals surface area contributed by atoms with E-state index in [1.165, 1.54) is 5.56 Å². The zero-order valence-electron chi connectivity index (χ0n) is 8.68. The van der Waals surface area contributed by atoms with Crippen molar-refractivity contribution < 1.29 is 4.39 Å². The Morgan fingerprint density at radius 1 is 1.43 bits per heavy atom. The molecule has 0 fully saturated rings. The van der Waals surface area contributed by atoms with Crippen molar-refractivity contribution in [1.82, 2.24) is 0 Å². The van der Waals surface area contributed by atoms with E-state index in [0.717, 1.165) is 18.7 Å². The molecule has 14 heavy (non-hydrogen) atoms. The molecule has 1 aromatic rings. The molecule has 0 radical (unpaired) electrons. The maximum atomic E-state index is 13.0. The summed E-state index contributed by atoms with van der Waals surface area (Å²) >= 11 is 0. The van der Waals surface area contributed by atoms with Crippen LogP contribution in [0.15, 0.2) is 18.2 Å². The molecule has 2 rings (SSSR count). The summed E-state index contributed by atoms with van der Waals surface area (Å²) in [5.74, 6) is 1.05. The number of nitrogens with one attached hydrogen (secondary N) is 1. The lowest BCUT2D eigenvalue weighted by molar-refractivity contribution is 0.468. The van der Waals surface area contributed by atoms with Gasteiger partial charge >= 0.3 is 0 Å². The SMILES string of the molecule is CC(C)C1CCNc2cc(F)ccc21. The third-order valence-electron chi connectivity index (χ3n) is 2.99. The molecular formula is C12H16FN. The predicted molar refractivity (Wildman–Crippen MR) is 57.1 cm³/mol. The molecule has 1 aliphatic heterocycles. The standard InChI is InChI=1S/C12H16FN/c1-8(2)10-5-6-14-12-7-9(13)3-4-11(10)12/h3-4,7-8,10,14H,5-6H2,1-2H3. The highest BCUT2D eigenvalue weighted by Gasteiger charge is 2.22. The van der Waals surface area contributed by atoms with Crippen molar-refractivity contribution in [2.75, 3.05) is 11.9 Å². The van der Waals surface area contributed by atoms with Gasteiger partial charge in [0.15, 0.2) is 0 Å². The van der Waals surface area contributed by atoms with E-state index in [0.29, 0.717) is 11.8 Å². The summed E-state index contributed by atoms with van der Waals surface area (Å²) in [5, 5.41) is 3.25. The van der Waals surface area contributed by atoms with Crippen molar-refractivity contribution in [2.24, 2.45) is 5.92 Å². The highest BCUT2D eigenvalue weighted by molar-refractivity contribution is 5.55. The van der Waals surface area contributed by atoms with Crippen molar-refractivity contribution in [3.8, 4) is 0 Å². The minimum Gasteiger partial charge on any atom is -0.385 e. The van der Waals surface area contributed by atoms with Gasteiger partial charge in [-0.15, -0.1) is 0 Å². The number of benzene rings is 1. The first-order valence-electron chi connectivity index (χ1n) is 5.22. The molecule has 0 amide bonds. The fourth-order valence-electron chi connectivity index (χ4n) is 2.22. The molecule has 2 heteroatoms. The largest absolute Gasteiger partial charge is 0.385 e. The van der Waals surface area contributed by atoms with Crippen LogP contribution in [0.5, 0.6) is 0 Å². The minimum atomic E-state index is -0.152. The quantitative estimate of drug-likeness (QED) is 0.721. The zero-order valence-corrected chi connectivity index (χ0v) is 8.68. The molecule has 0 aromatic heterocycles. The van der Waals surface area contributed by atoms with Crippen LogP contribution < -0.4 is 5.32 Å². The summed E-state index contributed by atoms with van der Waals surface area (Å²) < 4.78 is 13.0. The lowest BCUT2D eigenvalue weighted by Gasteiger charge is -2.29. The lowest BCUT2D eigenvalue weighted by atomic mass is 9.83. The molecule has 1 aromatic carbocycles. The maximum Gasteiger partial charge on any atom is 0.125 e. The van der Waals surface area contributed by atoms with Crippen LogP contribution in [0.4, 0.5) is 10.1 Å². The highest BCUT2D eigenvalue weighted by atomic mass is 19.1. The third-order valence-corrected chi connectivity index (χ3v) is 2.99. The molecule has 1 aliphatic rings. The van der Waals surface area contributed by atoms with Crippen molar-refractivity contribution >= 4 is 5.69 Å². The van der Waals surface area contributed by atoms with Gasteiger partial charge in [-0.2, -0.15) is 0 Å². The molecule has 1 N–H and O–H groups in total. The van der Waals surface area contributed by atoms with Crippen molar-refractivity contribution in [1.29, 1.82) is 0 Å². The first kappa shape index (κ1) is 9.50. The lowest BCUT2D eigenvalue weighted by Crippen LogP contribution is -2.20. The van der Waals surface area contributed by atoms with Gasteiger partial charge in [-0.05, 0) is 36.0 Å². The van der Waals surface area contributed by atoms with Crippen LogP contribution in [-0.2, 0) is 0 Å². The van der Waals surface area contributed by atoms with E-state index in [9.17, 15) is 4.39 Å². The molecule has 0 spiro atoms. The van der Waals surface area contributed by atoms with Gasteiger partial charge < -0.3 is 5.32 Å². The van der Waals surface area contributed by atoms with Crippen LogP contribution in [-0.4, -0.2) is 6.54 Å². The summed E-state index contributed by atoms with van der Waals surface area (Å²) in [5.41, 5.74) is 2.25. The average Bonchev–Trinajstić information content (AvgIpc) is 2.16. The fourth-order valence-corrected chi connectivity index (χ4v) is 2.22. The molecular weight excluding hydrogens is 177 g/mol. The first-order chi connectivity index (χ1) is 6.68. The Morgan fingerprint density at radius 3 is 2.93 bits per heavy atom. The van der Waals surface area contributed by atoms with Gasteiger partial charge in [0.05, 0.1) is 0 Å². The van der Waals surface area contributed by atoms with Gasteiger partial charge in [0.1, 0.15) is 5.82 Å². The highest BCUT2D eigenvalue weighted by Crippen LogP contribution is 2.36.